The SMILES string of the molecule is CCCNCc1cc2ccccc2nc1Sc1ncco1. The molecule has 2 aromatic heterocycles. The predicted molar refractivity (Wildman–Crippen MR) is 84.4 cm³/mol. The molecular weight excluding hydrogens is 282 g/mol. The lowest BCUT2D eigenvalue weighted by Crippen LogP contribution is -2.14. The van der Waals surface area contributed by atoms with Crippen LogP contribution in [0.25, 0.3) is 10.9 Å². The highest BCUT2D eigenvalue weighted by Crippen LogP contribution is 2.30. The van der Waals surface area contributed by atoms with E-state index in [4.69, 9.17) is 9.40 Å². The molecule has 21 heavy (non-hydrogen) atoms. The van der Waals surface area contributed by atoms with Gasteiger partial charge < -0.3 is 9.73 Å². The van der Waals surface area contributed by atoms with Crippen LogP contribution in [0, 0.1) is 0 Å². The number of benzene rings is 1. The summed E-state index contributed by atoms with van der Waals surface area (Å²) in [6.45, 7) is 3.96. The summed E-state index contributed by atoms with van der Waals surface area (Å²) in [5.74, 6) is 0. The zero-order chi connectivity index (χ0) is 14.5. The summed E-state index contributed by atoms with van der Waals surface area (Å²) in [4.78, 5) is 8.92. The average molecular weight is 299 g/mol. The zero-order valence-electron chi connectivity index (χ0n) is 11.9. The van der Waals surface area contributed by atoms with Gasteiger partial charge in [-0.3, -0.25) is 0 Å². The van der Waals surface area contributed by atoms with Crippen LogP contribution >= 0.6 is 11.8 Å². The van der Waals surface area contributed by atoms with Crippen molar-refractivity contribution in [3.05, 3.63) is 48.4 Å². The van der Waals surface area contributed by atoms with Crippen LogP contribution in [0.4, 0.5) is 0 Å². The molecule has 1 aromatic carbocycles. The van der Waals surface area contributed by atoms with Gasteiger partial charge in [0.1, 0.15) is 11.3 Å². The summed E-state index contributed by atoms with van der Waals surface area (Å²) in [6, 6.07) is 10.3. The summed E-state index contributed by atoms with van der Waals surface area (Å²) in [7, 11) is 0. The molecule has 0 fully saturated rings. The fourth-order valence-corrected chi connectivity index (χ4v) is 2.89. The van der Waals surface area contributed by atoms with E-state index >= 15 is 0 Å². The van der Waals surface area contributed by atoms with Gasteiger partial charge in [0.05, 0.1) is 11.7 Å². The molecule has 0 atom stereocenters. The van der Waals surface area contributed by atoms with Gasteiger partial charge >= 0.3 is 0 Å². The van der Waals surface area contributed by atoms with Crippen LogP contribution in [0.2, 0.25) is 0 Å². The van der Waals surface area contributed by atoms with Crippen LogP contribution in [0.15, 0.2) is 57.5 Å². The molecular formula is C16H17N3OS. The normalized spacial score (nSPS) is 11.1. The number of pyridine rings is 1. The second-order valence-corrected chi connectivity index (χ2v) is 5.66. The molecule has 0 saturated carbocycles. The summed E-state index contributed by atoms with van der Waals surface area (Å²) >= 11 is 1.46. The molecule has 0 radical (unpaired) electrons. The van der Waals surface area contributed by atoms with Crippen LogP contribution in [0.3, 0.4) is 0 Å². The minimum Gasteiger partial charge on any atom is -0.440 e. The molecule has 0 saturated heterocycles. The molecule has 0 aliphatic rings. The Labute approximate surface area is 128 Å². The third-order valence-corrected chi connectivity index (χ3v) is 4.02. The Balaban J connectivity index is 1.95. The molecule has 0 aliphatic carbocycles. The Kier molecular flexibility index (Phi) is 4.52. The van der Waals surface area contributed by atoms with Crippen molar-refractivity contribution in [1.82, 2.24) is 15.3 Å². The lowest BCUT2D eigenvalue weighted by Gasteiger charge is -2.10. The first-order valence-corrected chi connectivity index (χ1v) is 7.85. The van der Waals surface area contributed by atoms with Crippen molar-refractivity contribution < 1.29 is 4.42 Å². The molecule has 4 nitrogen and oxygen atoms in total. The van der Waals surface area contributed by atoms with Crippen molar-refractivity contribution in [2.45, 2.75) is 30.1 Å². The number of nitrogens with zero attached hydrogens (tertiary/aromatic N) is 2. The number of rotatable bonds is 6. The van der Waals surface area contributed by atoms with Crippen LogP contribution < -0.4 is 5.32 Å². The highest BCUT2D eigenvalue weighted by atomic mass is 32.2. The van der Waals surface area contributed by atoms with Gasteiger partial charge in [-0.25, -0.2) is 9.97 Å². The van der Waals surface area contributed by atoms with Crippen molar-refractivity contribution in [2.24, 2.45) is 0 Å². The van der Waals surface area contributed by atoms with E-state index in [1.165, 1.54) is 17.3 Å². The Morgan fingerprint density at radius 1 is 1.29 bits per heavy atom. The molecule has 0 bridgehead atoms. The van der Waals surface area contributed by atoms with Crippen LogP contribution in [0.5, 0.6) is 0 Å². The topological polar surface area (TPSA) is 51.0 Å². The Morgan fingerprint density at radius 3 is 3.00 bits per heavy atom. The minimum atomic E-state index is 0.620. The molecule has 0 aliphatic heterocycles. The maximum atomic E-state index is 5.32. The number of oxazole rings is 1. The van der Waals surface area contributed by atoms with Crippen molar-refractivity contribution in [3.8, 4) is 0 Å². The Hall–Kier alpha value is -1.85. The molecule has 3 aromatic rings. The highest BCUT2D eigenvalue weighted by molar-refractivity contribution is 7.99. The molecule has 0 unspecified atom stereocenters. The fraction of sp³-hybridized carbons (Fsp3) is 0.250. The van der Waals surface area contributed by atoms with E-state index in [0.29, 0.717) is 5.22 Å². The van der Waals surface area contributed by atoms with Crippen molar-refractivity contribution >= 4 is 22.7 Å². The number of para-hydroxylation sites is 1. The zero-order valence-corrected chi connectivity index (χ0v) is 12.7. The number of nitrogens with one attached hydrogen (secondary N) is 1. The van der Waals surface area contributed by atoms with Gasteiger partial charge in [-0.15, -0.1) is 0 Å². The van der Waals surface area contributed by atoms with Gasteiger partial charge in [-0.2, -0.15) is 0 Å². The van der Waals surface area contributed by atoms with Crippen molar-refractivity contribution in [1.29, 1.82) is 0 Å². The predicted octanol–water partition coefficient (Wildman–Crippen LogP) is 3.87. The molecule has 5 heteroatoms. The summed E-state index contributed by atoms with van der Waals surface area (Å²) in [5, 5.41) is 6.15. The van der Waals surface area contributed by atoms with Crippen molar-refractivity contribution in [3.63, 3.8) is 0 Å². The Bertz CT molecular complexity index is 713. The lowest BCUT2D eigenvalue weighted by molar-refractivity contribution is 0.454. The molecule has 108 valence electrons. The lowest BCUT2D eigenvalue weighted by atomic mass is 10.1. The van der Waals surface area contributed by atoms with Gasteiger partial charge in [0, 0.05) is 11.9 Å². The standard InChI is InChI=1S/C16H17N3OS/c1-2-7-17-11-13-10-12-5-3-4-6-14(12)19-15(13)21-16-18-8-9-20-16/h3-6,8-10,17H,2,7,11H2,1H3. The maximum Gasteiger partial charge on any atom is 0.261 e. The first kappa shape index (κ1) is 14.1. The monoisotopic (exact) mass is 299 g/mol. The van der Waals surface area contributed by atoms with Crippen LogP contribution in [0.1, 0.15) is 18.9 Å². The summed E-state index contributed by atoms with van der Waals surface area (Å²) in [6.07, 6.45) is 4.35. The quantitative estimate of drug-likeness (QED) is 0.700. The average Bonchev–Trinajstić information content (AvgIpc) is 3.01. The van der Waals surface area contributed by atoms with E-state index in [-0.39, 0.29) is 0 Å². The second kappa shape index (κ2) is 6.74. The first-order chi connectivity index (χ1) is 10.4. The van der Waals surface area contributed by atoms with E-state index in [1.54, 1.807) is 12.5 Å². The van der Waals surface area contributed by atoms with E-state index in [2.05, 4.69) is 29.4 Å². The van der Waals surface area contributed by atoms with Crippen LogP contribution in [-0.4, -0.2) is 16.5 Å². The van der Waals surface area contributed by atoms with Gasteiger partial charge in [0.25, 0.3) is 5.22 Å². The summed E-state index contributed by atoms with van der Waals surface area (Å²) in [5.41, 5.74) is 2.16. The van der Waals surface area contributed by atoms with E-state index < -0.39 is 0 Å². The molecule has 0 spiro atoms. The van der Waals surface area contributed by atoms with Gasteiger partial charge in [0.2, 0.25) is 0 Å². The smallest absolute Gasteiger partial charge is 0.261 e. The highest BCUT2D eigenvalue weighted by Gasteiger charge is 2.11. The third-order valence-electron chi connectivity index (χ3n) is 3.10. The molecule has 0 amide bonds. The third kappa shape index (κ3) is 3.43. The van der Waals surface area contributed by atoms with Gasteiger partial charge in [0.15, 0.2) is 0 Å². The van der Waals surface area contributed by atoms with Gasteiger partial charge in [-0.05, 0) is 42.4 Å². The van der Waals surface area contributed by atoms with E-state index in [9.17, 15) is 0 Å². The number of hydrogen-bond acceptors (Lipinski definition) is 5. The molecule has 3 rings (SSSR count). The second-order valence-electron chi connectivity index (χ2n) is 4.72. The maximum absolute atomic E-state index is 5.32. The van der Waals surface area contributed by atoms with Crippen LogP contribution in [-0.2, 0) is 6.54 Å². The number of aromatic nitrogens is 2. The number of fused-ring (bicyclic) bond motifs is 1. The van der Waals surface area contributed by atoms with Gasteiger partial charge in [-0.1, -0.05) is 25.1 Å². The molecule has 1 N–H and O–H groups in total. The number of hydrogen-bond donors (Lipinski definition) is 1. The van der Waals surface area contributed by atoms with Crippen molar-refractivity contribution in [2.75, 3.05) is 6.54 Å². The Morgan fingerprint density at radius 2 is 2.19 bits per heavy atom. The minimum absolute atomic E-state index is 0.620. The largest absolute Gasteiger partial charge is 0.440 e. The summed E-state index contributed by atoms with van der Waals surface area (Å²) < 4.78 is 5.32. The van der Waals surface area contributed by atoms with E-state index in [0.717, 1.165) is 35.4 Å². The molecule has 2 heterocycles. The first-order valence-electron chi connectivity index (χ1n) is 7.03. The van der Waals surface area contributed by atoms with E-state index in [1.807, 2.05) is 18.2 Å². The fourth-order valence-electron chi connectivity index (χ4n) is 2.10.